The van der Waals surface area contributed by atoms with Crippen LogP contribution in [0.3, 0.4) is 0 Å². The van der Waals surface area contributed by atoms with E-state index in [4.69, 9.17) is 5.26 Å². The Hall–Kier alpha value is -2.39. The summed E-state index contributed by atoms with van der Waals surface area (Å²) in [4.78, 5) is 25.7. The van der Waals surface area contributed by atoms with Crippen LogP contribution in [0.25, 0.3) is 0 Å². The molecule has 24 heavy (non-hydrogen) atoms. The van der Waals surface area contributed by atoms with Gasteiger partial charge in [0.05, 0.1) is 6.10 Å². The van der Waals surface area contributed by atoms with Crippen molar-refractivity contribution in [1.82, 2.24) is 10.2 Å². The molecule has 0 unspecified atom stereocenters. The van der Waals surface area contributed by atoms with E-state index < -0.39 is 11.9 Å². The number of hydrogen-bond acceptors (Lipinski definition) is 4. The fourth-order valence-corrected chi connectivity index (χ4v) is 3.05. The molecule has 2 rings (SSSR count). The van der Waals surface area contributed by atoms with Crippen molar-refractivity contribution in [3.8, 4) is 6.19 Å². The molecule has 0 heterocycles. The van der Waals surface area contributed by atoms with Gasteiger partial charge in [-0.2, -0.15) is 5.26 Å². The SMILES string of the molecule is CN(C#N)C(=O)[C@H](CC1CCC(O)CC1)NC(=O)c1ccccc1. The molecule has 128 valence electrons. The summed E-state index contributed by atoms with van der Waals surface area (Å²) >= 11 is 0. The standard InChI is InChI=1S/C18H23N3O3/c1-21(12-19)18(24)16(11-13-7-9-15(22)10-8-13)20-17(23)14-5-3-2-4-6-14/h2-6,13,15-16,22H,7-11H2,1H3,(H,20,23)/t13?,15?,16-/m0/s1. The molecule has 1 saturated carbocycles. The third-order valence-electron chi connectivity index (χ3n) is 4.51. The van der Waals surface area contributed by atoms with Gasteiger partial charge in [0.25, 0.3) is 11.8 Å². The Morgan fingerprint density at radius 2 is 1.92 bits per heavy atom. The topological polar surface area (TPSA) is 93.4 Å². The quantitative estimate of drug-likeness (QED) is 0.635. The Morgan fingerprint density at radius 3 is 2.50 bits per heavy atom. The minimum Gasteiger partial charge on any atom is -0.393 e. The number of carbonyl (C=O) groups is 2. The van der Waals surface area contributed by atoms with Crippen molar-refractivity contribution >= 4 is 11.8 Å². The molecule has 1 aliphatic rings. The second-order valence-corrected chi connectivity index (χ2v) is 6.30. The van der Waals surface area contributed by atoms with Gasteiger partial charge >= 0.3 is 0 Å². The van der Waals surface area contributed by atoms with E-state index in [1.807, 2.05) is 6.07 Å². The Kier molecular flexibility index (Phi) is 6.33. The number of carbonyl (C=O) groups excluding carboxylic acids is 2. The summed E-state index contributed by atoms with van der Waals surface area (Å²) < 4.78 is 0. The van der Waals surface area contributed by atoms with Crippen molar-refractivity contribution in [1.29, 1.82) is 5.26 Å². The van der Waals surface area contributed by atoms with Gasteiger partial charge in [0.15, 0.2) is 6.19 Å². The lowest BCUT2D eigenvalue weighted by molar-refractivity contribution is -0.129. The van der Waals surface area contributed by atoms with Gasteiger partial charge in [-0.3, -0.25) is 14.5 Å². The van der Waals surface area contributed by atoms with E-state index >= 15 is 0 Å². The van der Waals surface area contributed by atoms with Gasteiger partial charge in [0.2, 0.25) is 0 Å². The van der Waals surface area contributed by atoms with E-state index in [0.29, 0.717) is 24.8 Å². The van der Waals surface area contributed by atoms with E-state index in [2.05, 4.69) is 5.32 Å². The number of rotatable bonds is 5. The third kappa shape index (κ3) is 4.80. The van der Waals surface area contributed by atoms with Crippen molar-refractivity contribution in [2.45, 2.75) is 44.2 Å². The van der Waals surface area contributed by atoms with Crippen LogP contribution in [0.4, 0.5) is 0 Å². The van der Waals surface area contributed by atoms with Gasteiger partial charge in [0.1, 0.15) is 6.04 Å². The third-order valence-corrected chi connectivity index (χ3v) is 4.51. The first-order valence-electron chi connectivity index (χ1n) is 8.22. The monoisotopic (exact) mass is 329 g/mol. The van der Waals surface area contributed by atoms with Crippen LogP contribution < -0.4 is 5.32 Å². The van der Waals surface area contributed by atoms with E-state index in [1.54, 1.807) is 30.5 Å². The maximum absolute atomic E-state index is 12.4. The Bertz CT molecular complexity index is 604. The van der Waals surface area contributed by atoms with E-state index in [0.717, 1.165) is 17.7 Å². The van der Waals surface area contributed by atoms with Crippen LogP contribution >= 0.6 is 0 Å². The highest BCUT2D eigenvalue weighted by Crippen LogP contribution is 2.28. The molecule has 1 aliphatic carbocycles. The molecular weight excluding hydrogens is 306 g/mol. The molecule has 0 radical (unpaired) electrons. The predicted molar refractivity (Wildman–Crippen MR) is 88.7 cm³/mol. The number of nitrogens with one attached hydrogen (secondary N) is 1. The Morgan fingerprint density at radius 1 is 1.29 bits per heavy atom. The second kappa shape index (κ2) is 8.46. The van der Waals surface area contributed by atoms with Gasteiger partial charge in [-0.05, 0) is 50.2 Å². The molecular formula is C18H23N3O3. The van der Waals surface area contributed by atoms with E-state index in [9.17, 15) is 14.7 Å². The number of nitriles is 1. The highest BCUT2D eigenvalue weighted by atomic mass is 16.3. The van der Waals surface area contributed by atoms with Crippen LogP contribution in [0.2, 0.25) is 0 Å². The lowest BCUT2D eigenvalue weighted by atomic mass is 9.83. The largest absolute Gasteiger partial charge is 0.393 e. The molecule has 6 heteroatoms. The second-order valence-electron chi connectivity index (χ2n) is 6.30. The number of amides is 2. The lowest BCUT2D eigenvalue weighted by Gasteiger charge is -2.29. The minimum atomic E-state index is -0.734. The zero-order chi connectivity index (χ0) is 17.5. The summed E-state index contributed by atoms with van der Waals surface area (Å²) in [7, 11) is 1.40. The van der Waals surface area contributed by atoms with Crippen LogP contribution in [0.5, 0.6) is 0 Å². The van der Waals surface area contributed by atoms with Crippen molar-refractivity contribution in [3.05, 3.63) is 35.9 Å². The zero-order valence-electron chi connectivity index (χ0n) is 13.8. The Labute approximate surface area is 142 Å². The molecule has 1 fully saturated rings. The summed E-state index contributed by atoms with van der Waals surface area (Å²) in [6.07, 6.45) is 5.08. The normalized spacial score (nSPS) is 21.4. The summed E-state index contributed by atoms with van der Waals surface area (Å²) in [6.45, 7) is 0. The molecule has 0 aromatic heterocycles. The van der Waals surface area contributed by atoms with E-state index in [-0.39, 0.29) is 17.9 Å². The first-order valence-corrected chi connectivity index (χ1v) is 8.22. The van der Waals surface area contributed by atoms with Crippen LogP contribution in [0, 0.1) is 17.4 Å². The molecule has 2 N–H and O–H groups in total. The predicted octanol–water partition coefficient (Wildman–Crippen LogP) is 1.67. The van der Waals surface area contributed by atoms with Crippen molar-refractivity contribution in [2.75, 3.05) is 7.05 Å². The molecule has 1 atom stereocenters. The maximum Gasteiger partial charge on any atom is 0.257 e. The molecule has 0 bridgehead atoms. The number of nitrogens with zero attached hydrogens (tertiary/aromatic N) is 2. The number of aliphatic hydroxyl groups is 1. The van der Waals surface area contributed by atoms with E-state index in [1.165, 1.54) is 7.05 Å². The van der Waals surface area contributed by atoms with Crippen molar-refractivity contribution < 1.29 is 14.7 Å². The fourth-order valence-electron chi connectivity index (χ4n) is 3.05. The van der Waals surface area contributed by atoms with Gasteiger partial charge in [-0.15, -0.1) is 0 Å². The molecule has 0 spiro atoms. The number of benzene rings is 1. The fraction of sp³-hybridized carbons (Fsp3) is 0.500. The van der Waals surface area contributed by atoms with Gasteiger partial charge in [-0.25, -0.2) is 0 Å². The smallest absolute Gasteiger partial charge is 0.257 e. The highest BCUT2D eigenvalue weighted by molar-refractivity contribution is 5.97. The van der Waals surface area contributed by atoms with Crippen LogP contribution in [-0.4, -0.2) is 41.0 Å². The highest BCUT2D eigenvalue weighted by Gasteiger charge is 2.29. The zero-order valence-corrected chi connectivity index (χ0v) is 13.8. The molecule has 1 aromatic carbocycles. The van der Waals surface area contributed by atoms with Crippen LogP contribution in [0.15, 0.2) is 30.3 Å². The van der Waals surface area contributed by atoms with Gasteiger partial charge in [0, 0.05) is 12.6 Å². The van der Waals surface area contributed by atoms with Crippen molar-refractivity contribution in [3.63, 3.8) is 0 Å². The molecule has 2 amide bonds. The number of likely N-dealkylation sites (N-methyl/N-ethyl adjacent to an activating group) is 1. The van der Waals surface area contributed by atoms with Gasteiger partial charge < -0.3 is 10.4 Å². The summed E-state index contributed by atoms with van der Waals surface area (Å²) in [5.74, 6) is -0.477. The first-order chi connectivity index (χ1) is 11.5. The molecule has 0 saturated heterocycles. The Balaban J connectivity index is 2.06. The van der Waals surface area contributed by atoms with Crippen LogP contribution in [0.1, 0.15) is 42.5 Å². The number of hydrogen-bond donors (Lipinski definition) is 2. The first kappa shape index (κ1) is 18.0. The summed E-state index contributed by atoms with van der Waals surface area (Å²) in [5, 5.41) is 21.3. The lowest BCUT2D eigenvalue weighted by Crippen LogP contribution is -2.47. The summed E-state index contributed by atoms with van der Waals surface area (Å²) in [6, 6.07) is 7.97. The molecule has 6 nitrogen and oxygen atoms in total. The van der Waals surface area contributed by atoms with Crippen molar-refractivity contribution in [2.24, 2.45) is 5.92 Å². The molecule has 0 aliphatic heterocycles. The van der Waals surface area contributed by atoms with Gasteiger partial charge in [-0.1, -0.05) is 18.2 Å². The average Bonchev–Trinajstić information content (AvgIpc) is 2.62. The average molecular weight is 329 g/mol. The summed E-state index contributed by atoms with van der Waals surface area (Å²) in [5.41, 5.74) is 0.481. The minimum absolute atomic E-state index is 0.255. The molecule has 1 aromatic rings. The maximum atomic E-state index is 12.4. The number of aliphatic hydroxyl groups excluding tert-OH is 1. The van der Waals surface area contributed by atoms with Crippen LogP contribution in [-0.2, 0) is 4.79 Å².